The maximum absolute atomic E-state index is 12.3. The summed E-state index contributed by atoms with van der Waals surface area (Å²) in [5, 5.41) is 0. The summed E-state index contributed by atoms with van der Waals surface area (Å²) in [6, 6.07) is 8.27. The molecule has 18 heavy (non-hydrogen) atoms. The summed E-state index contributed by atoms with van der Waals surface area (Å²) < 4.78 is 0. The zero-order chi connectivity index (χ0) is 13.4. The first kappa shape index (κ1) is 12.7. The largest absolute Gasteiger partial charge is 0.348 e. The van der Waals surface area contributed by atoms with Crippen molar-refractivity contribution in [3.8, 4) is 0 Å². The number of allylic oxidation sites excluding steroid dienone is 1. The molecular formula is C15H20N2O. The SMILES string of the molecule is CC1=C(C(=O)N(C)C)[C@@H](C)c2ccccc2N1C. The van der Waals surface area contributed by atoms with Crippen LogP contribution in [0.25, 0.3) is 0 Å². The zero-order valence-corrected chi connectivity index (χ0v) is 11.7. The van der Waals surface area contributed by atoms with Gasteiger partial charge in [-0.25, -0.2) is 0 Å². The lowest BCUT2D eigenvalue weighted by molar-refractivity contribution is -0.125. The molecule has 0 spiro atoms. The van der Waals surface area contributed by atoms with Gasteiger partial charge in [0.05, 0.1) is 0 Å². The van der Waals surface area contributed by atoms with Gasteiger partial charge >= 0.3 is 0 Å². The molecule has 96 valence electrons. The number of carbonyl (C=O) groups excluding carboxylic acids is 1. The Kier molecular flexibility index (Phi) is 3.16. The van der Waals surface area contributed by atoms with Crippen molar-refractivity contribution in [2.45, 2.75) is 19.8 Å². The molecular weight excluding hydrogens is 224 g/mol. The maximum atomic E-state index is 12.3. The van der Waals surface area contributed by atoms with E-state index in [0.29, 0.717) is 0 Å². The van der Waals surface area contributed by atoms with Crippen molar-refractivity contribution in [2.24, 2.45) is 0 Å². The monoisotopic (exact) mass is 244 g/mol. The molecule has 3 heteroatoms. The summed E-state index contributed by atoms with van der Waals surface area (Å²) in [5.74, 6) is 0.244. The quantitative estimate of drug-likeness (QED) is 0.758. The lowest BCUT2D eigenvalue weighted by Crippen LogP contribution is -2.33. The first-order chi connectivity index (χ1) is 8.45. The fourth-order valence-corrected chi connectivity index (χ4v) is 2.57. The van der Waals surface area contributed by atoms with Crippen molar-refractivity contribution in [1.29, 1.82) is 0 Å². The summed E-state index contributed by atoms with van der Waals surface area (Å²) in [5.41, 5.74) is 4.34. The van der Waals surface area contributed by atoms with E-state index in [-0.39, 0.29) is 11.8 Å². The van der Waals surface area contributed by atoms with Crippen LogP contribution >= 0.6 is 0 Å². The normalized spacial score (nSPS) is 18.7. The Labute approximate surface area is 109 Å². The van der Waals surface area contributed by atoms with Crippen LogP contribution in [0.2, 0.25) is 0 Å². The molecule has 1 aliphatic heterocycles. The second kappa shape index (κ2) is 4.48. The number of rotatable bonds is 1. The smallest absolute Gasteiger partial charge is 0.251 e. The Hall–Kier alpha value is -1.77. The number of benzene rings is 1. The fraction of sp³-hybridized carbons (Fsp3) is 0.400. The molecule has 0 aromatic heterocycles. The van der Waals surface area contributed by atoms with Crippen LogP contribution in [0.3, 0.4) is 0 Å². The molecule has 0 saturated carbocycles. The molecule has 0 unspecified atom stereocenters. The van der Waals surface area contributed by atoms with Gasteiger partial charge in [-0.1, -0.05) is 25.1 Å². The average molecular weight is 244 g/mol. The molecule has 1 aromatic carbocycles. The van der Waals surface area contributed by atoms with Gasteiger partial charge in [-0.3, -0.25) is 4.79 Å². The molecule has 0 aliphatic carbocycles. The molecule has 1 aliphatic rings. The number of hydrogen-bond acceptors (Lipinski definition) is 2. The van der Waals surface area contributed by atoms with E-state index in [1.807, 2.05) is 26.1 Å². The molecule has 1 amide bonds. The van der Waals surface area contributed by atoms with E-state index in [4.69, 9.17) is 0 Å². The Balaban J connectivity index is 2.56. The maximum Gasteiger partial charge on any atom is 0.251 e. The summed E-state index contributed by atoms with van der Waals surface area (Å²) in [4.78, 5) is 16.1. The van der Waals surface area contributed by atoms with Crippen LogP contribution in [0.1, 0.15) is 25.3 Å². The molecule has 0 radical (unpaired) electrons. The number of likely N-dealkylation sites (N-methyl/N-ethyl adjacent to an activating group) is 1. The minimum atomic E-state index is 0.0985. The van der Waals surface area contributed by atoms with Crippen molar-refractivity contribution < 1.29 is 4.79 Å². The highest BCUT2D eigenvalue weighted by Crippen LogP contribution is 2.40. The fourth-order valence-electron chi connectivity index (χ4n) is 2.57. The molecule has 1 atom stereocenters. The molecule has 2 rings (SSSR count). The summed E-state index contributed by atoms with van der Waals surface area (Å²) in [6.07, 6.45) is 0. The third-order valence-corrected chi connectivity index (χ3v) is 3.73. The van der Waals surface area contributed by atoms with Crippen LogP contribution in [0.4, 0.5) is 5.69 Å². The second-order valence-corrected chi connectivity index (χ2v) is 5.04. The first-order valence-electron chi connectivity index (χ1n) is 6.20. The second-order valence-electron chi connectivity index (χ2n) is 5.04. The van der Waals surface area contributed by atoms with Crippen LogP contribution in [0.5, 0.6) is 0 Å². The van der Waals surface area contributed by atoms with Gasteiger partial charge in [-0.2, -0.15) is 0 Å². The van der Waals surface area contributed by atoms with E-state index in [1.54, 1.807) is 19.0 Å². The Morgan fingerprint density at radius 2 is 1.89 bits per heavy atom. The van der Waals surface area contributed by atoms with Gasteiger partial charge < -0.3 is 9.80 Å². The molecule has 0 saturated heterocycles. The van der Waals surface area contributed by atoms with Crippen molar-refractivity contribution in [3.63, 3.8) is 0 Å². The summed E-state index contributed by atoms with van der Waals surface area (Å²) in [6.45, 7) is 4.12. The van der Waals surface area contributed by atoms with Crippen LogP contribution in [0.15, 0.2) is 35.5 Å². The van der Waals surface area contributed by atoms with E-state index in [0.717, 1.165) is 11.3 Å². The molecule has 0 bridgehead atoms. The van der Waals surface area contributed by atoms with Crippen molar-refractivity contribution in [3.05, 3.63) is 41.1 Å². The molecule has 3 nitrogen and oxygen atoms in total. The molecule has 1 aromatic rings. The Bertz CT molecular complexity index is 517. The van der Waals surface area contributed by atoms with Crippen LogP contribution in [-0.4, -0.2) is 32.0 Å². The number of fused-ring (bicyclic) bond motifs is 1. The predicted molar refractivity (Wildman–Crippen MR) is 74.7 cm³/mol. The van der Waals surface area contributed by atoms with Gasteiger partial charge in [0.25, 0.3) is 5.91 Å². The van der Waals surface area contributed by atoms with E-state index in [1.165, 1.54) is 11.3 Å². The minimum absolute atomic E-state index is 0.0985. The van der Waals surface area contributed by atoms with Crippen molar-refractivity contribution in [2.75, 3.05) is 26.0 Å². The van der Waals surface area contributed by atoms with Crippen molar-refractivity contribution >= 4 is 11.6 Å². The summed E-state index contributed by atoms with van der Waals surface area (Å²) >= 11 is 0. The van der Waals surface area contributed by atoms with Gasteiger partial charge in [0, 0.05) is 44.0 Å². The van der Waals surface area contributed by atoms with E-state index in [2.05, 4.69) is 24.0 Å². The van der Waals surface area contributed by atoms with E-state index < -0.39 is 0 Å². The minimum Gasteiger partial charge on any atom is -0.348 e. The number of para-hydroxylation sites is 1. The Morgan fingerprint density at radius 3 is 2.50 bits per heavy atom. The number of nitrogens with zero attached hydrogens (tertiary/aromatic N) is 2. The highest BCUT2D eigenvalue weighted by Gasteiger charge is 2.30. The van der Waals surface area contributed by atoms with E-state index in [9.17, 15) is 4.79 Å². The standard InChI is InChI=1S/C15H20N2O/c1-10-12-8-6-7-9-13(12)17(5)11(2)14(10)15(18)16(3)4/h6-10H,1-5H3/t10-/m0/s1. The van der Waals surface area contributed by atoms with Gasteiger partial charge in [0.2, 0.25) is 0 Å². The first-order valence-corrected chi connectivity index (χ1v) is 6.20. The molecule has 1 heterocycles. The van der Waals surface area contributed by atoms with Crippen LogP contribution < -0.4 is 4.90 Å². The number of hydrogen-bond donors (Lipinski definition) is 0. The van der Waals surface area contributed by atoms with Gasteiger partial charge in [-0.05, 0) is 18.6 Å². The predicted octanol–water partition coefficient (Wildman–Crippen LogP) is 2.60. The van der Waals surface area contributed by atoms with Crippen LogP contribution in [0, 0.1) is 0 Å². The number of carbonyl (C=O) groups is 1. The molecule has 0 fully saturated rings. The Morgan fingerprint density at radius 1 is 1.28 bits per heavy atom. The number of amides is 1. The average Bonchev–Trinajstić information content (AvgIpc) is 2.36. The third-order valence-electron chi connectivity index (χ3n) is 3.73. The molecule has 0 N–H and O–H groups in total. The highest BCUT2D eigenvalue weighted by molar-refractivity contribution is 5.97. The lowest BCUT2D eigenvalue weighted by Gasteiger charge is -2.35. The van der Waals surface area contributed by atoms with Crippen molar-refractivity contribution in [1.82, 2.24) is 4.90 Å². The zero-order valence-electron chi connectivity index (χ0n) is 11.7. The van der Waals surface area contributed by atoms with Gasteiger partial charge in [0.1, 0.15) is 0 Å². The number of anilines is 1. The van der Waals surface area contributed by atoms with Crippen LogP contribution in [-0.2, 0) is 4.79 Å². The third kappa shape index (κ3) is 1.80. The van der Waals surface area contributed by atoms with E-state index >= 15 is 0 Å². The summed E-state index contributed by atoms with van der Waals surface area (Å²) in [7, 11) is 5.62. The van der Waals surface area contributed by atoms with Gasteiger partial charge in [0.15, 0.2) is 0 Å². The lowest BCUT2D eigenvalue weighted by atomic mass is 9.86. The van der Waals surface area contributed by atoms with Gasteiger partial charge in [-0.15, -0.1) is 0 Å². The highest BCUT2D eigenvalue weighted by atomic mass is 16.2. The topological polar surface area (TPSA) is 23.6 Å².